The van der Waals surface area contributed by atoms with Crippen LogP contribution in [0.15, 0.2) is 54.6 Å². The zero-order valence-electron chi connectivity index (χ0n) is 13.5. The molecule has 4 heteroatoms. The molecular formula is C19H24N2O2. The molecule has 0 saturated carbocycles. The first-order valence-corrected chi connectivity index (χ1v) is 7.96. The first kappa shape index (κ1) is 16.9. The lowest BCUT2D eigenvalue weighted by Gasteiger charge is -2.08. The summed E-state index contributed by atoms with van der Waals surface area (Å²) in [6, 6.07) is 18.0. The topological polar surface area (TPSA) is 50.4 Å². The Morgan fingerprint density at radius 3 is 2.43 bits per heavy atom. The minimum Gasteiger partial charge on any atom is -0.497 e. The molecule has 2 aromatic carbocycles. The molecule has 0 spiro atoms. The number of benzene rings is 2. The lowest BCUT2D eigenvalue weighted by Crippen LogP contribution is -2.26. The van der Waals surface area contributed by atoms with Gasteiger partial charge >= 0.3 is 0 Å². The number of nitrogens with one attached hydrogen (secondary N) is 2. The number of aryl methyl sites for hydroxylation is 1. The van der Waals surface area contributed by atoms with Gasteiger partial charge in [0.1, 0.15) is 5.75 Å². The van der Waals surface area contributed by atoms with Crippen LogP contribution in [0.2, 0.25) is 0 Å². The van der Waals surface area contributed by atoms with Crippen LogP contribution in [0.1, 0.15) is 18.4 Å². The smallest absolute Gasteiger partial charge is 0.221 e. The van der Waals surface area contributed by atoms with Gasteiger partial charge in [-0.1, -0.05) is 30.3 Å². The fourth-order valence-corrected chi connectivity index (χ4v) is 2.28. The molecule has 0 bridgehead atoms. The highest BCUT2D eigenvalue weighted by atomic mass is 16.5. The van der Waals surface area contributed by atoms with Gasteiger partial charge in [-0.2, -0.15) is 0 Å². The molecule has 2 rings (SSSR count). The van der Waals surface area contributed by atoms with Crippen molar-refractivity contribution in [2.75, 3.05) is 25.5 Å². The zero-order valence-corrected chi connectivity index (χ0v) is 13.5. The summed E-state index contributed by atoms with van der Waals surface area (Å²) < 4.78 is 5.11. The lowest BCUT2D eigenvalue weighted by molar-refractivity contribution is -0.120. The van der Waals surface area contributed by atoms with E-state index in [0.29, 0.717) is 13.0 Å². The van der Waals surface area contributed by atoms with Gasteiger partial charge in [-0.05, 0) is 42.7 Å². The summed E-state index contributed by atoms with van der Waals surface area (Å²) in [5.41, 5.74) is 2.30. The van der Waals surface area contributed by atoms with Gasteiger partial charge in [-0.15, -0.1) is 0 Å². The van der Waals surface area contributed by atoms with Crippen molar-refractivity contribution in [2.45, 2.75) is 19.3 Å². The first-order valence-electron chi connectivity index (χ1n) is 7.96. The Bertz CT molecular complexity index is 582. The standard InChI is InChI=1S/C19H24N2O2/c1-23-18-11-9-17(10-12-18)20-15-13-19(22)21-14-5-8-16-6-3-2-4-7-16/h2-4,6-7,9-12,20H,5,8,13-15H2,1H3,(H,21,22). The van der Waals surface area contributed by atoms with Crippen molar-refractivity contribution in [3.05, 3.63) is 60.2 Å². The molecule has 23 heavy (non-hydrogen) atoms. The third kappa shape index (κ3) is 6.43. The van der Waals surface area contributed by atoms with Crippen LogP contribution in [0.25, 0.3) is 0 Å². The van der Waals surface area contributed by atoms with E-state index in [9.17, 15) is 4.79 Å². The molecule has 0 fully saturated rings. The van der Waals surface area contributed by atoms with Crippen molar-refractivity contribution in [1.29, 1.82) is 0 Å². The second-order valence-corrected chi connectivity index (χ2v) is 5.34. The second kappa shape index (κ2) is 9.51. The third-order valence-electron chi connectivity index (χ3n) is 3.58. The number of hydrogen-bond donors (Lipinski definition) is 2. The summed E-state index contributed by atoms with van der Waals surface area (Å²) in [6.45, 7) is 1.34. The van der Waals surface area contributed by atoms with E-state index >= 15 is 0 Å². The Labute approximate surface area is 137 Å². The molecule has 1 amide bonds. The van der Waals surface area contributed by atoms with E-state index in [1.807, 2.05) is 42.5 Å². The van der Waals surface area contributed by atoms with Gasteiger partial charge in [0.25, 0.3) is 0 Å². The van der Waals surface area contributed by atoms with Crippen molar-refractivity contribution in [1.82, 2.24) is 5.32 Å². The molecule has 2 aromatic rings. The van der Waals surface area contributed by atoms with Gasteiger partial charge in [0, 0.05) is 25.2 Å². The number of methoxy groups -OCH3 is 1. The molecule has 0 atom stereocenters. The average Bonchev–Trinajstić information content (AvgIpc) is 2.60. The Morgan fingerprint density at radius 1 is 1.00 bits per heavy atom. The molecule has 122 valence electrons. The van der Waals surface area contributed by atoms with E-state index in [-0.39, 0.29) is 5.91 Å². The molecule has 0 aromatic heterocycles. The minimum absolute atomic E-state index is 0.0825. The first-order chi connectivity index (χ1) is 11.3. The Balaban J connectivity index is 1.56. The van der Waals surface area contributed by atoms with E-state index in [4.69, 9.17) is 4.74 Å². The van der Waals surface area contributed by atoms with Gasteiger partial charge in [0.15, 0.2) is 0 Å². The number of ether oxygens (including phenoxy) is 1. The van der Waals surface area contributed by atoms with Crippen LogP contribution in [0.4, 0.5) is 5.69 Å². The van der Waals surface area contributed by atoms with E-state index in [1.165, 1.54) is 5.56 Å². The van der Waals surface area contributed by atoms with Gasteiger partial charge in [0.05, 0.1) is 7.11 Å². The predicted octanol–water partition coefficient (Wildman–Crippen LogP) is 3.25. The molecule has 0 aliphatic carbocycles. The number of anilines is 1. The maximum absolute atomic E-state index is 11.8. The summed E-state index contributed by atoms with van der Waals surface area (Å²) in [7, 11) is 1.64. The fraction of sp³-hybridized carbons (Fsp3) is 0.316. The second-order valence-electron chi connectivity index (χ2n) is 5.34. The molecule has 0 aliphatic heterocycles. The van der Waals surface area contributed by atoms with Crippen LogP contribution in [-0.4, -0.2) is 26.1 Å². The average molecular weight is 312 g/mol. The van der Waals surface area contributed by atoms with Crippen LogP contribution in [0, 0.1) is 0 Å². The normalized spacial score (nSPS) is 10.1. The Morgan fingerprint density at radius 2 is 1.74 bits per heavy atom. The molecule has 4 nitrogen and oxygen atoms in total. The Kier molecular flexibility index (Phi) is 6.98. The highest BCUT2D eigenvalue weighted by Gasteiger charge is 2.01. The summed E-state index contributed by atoms with van der Waals surface area (Å²) >= 11 is 0. The largest absolute Gasteiger partial charge is 0.497 e. The maximum atomic E-state index is 11.8. The van der Waals surface area contributed by atoms with E-state index < -0.39 is 0 Å². The summed E-state index contributed by atoms with van der Waals surface area (Å²) in [6.07, 6.45) is 2.42. The van der Waals surface area contributed by atoms with E-state index in [0.717, 1.165) is 30.8 Å². The number of carbonyl (C=O) groups is 1. The minimum atomic E-state index is 0.0825. The molecule has 0 radical (unpaired) electrons. The molecule has 0 aliphatic rings. The van der Waals surface area contributed by atoms with Crippen molar-refractivity contribution < 1.29 is 9.53 Å². The van der Waals surface area contributed by atoms with Crippen molar-refractivity contribution >= 4 is 11.6 Å². The van der Waals surface area contributed by atoms with Crippen LogP contribution in [0.5, 0.6) is 5.75 Å². The fourth-order valence-electron chi connectivity index (χ4n) is 2.28. The highest BCUT2D eigenvalue weighted by molar-refractivity contribution is 5.76. The quantitative estimate of drug-likeness (QED) is 0.699. The van der Waals surface area contributed by atoms with Crippen LogP contribution >= 0.6 is 0 Å². The van der Waals surface area contributed by atoms with Gasteiger partial charge in [-0.3, -0.25) is 4.79 Å². The highest BCUT2D eigenvalue weighted by Crippen LogP contribution is 2.14. The maximum Gasteiger partial charge on any atom is 0.221 e. The lowest BCUT2D eigenvalue weighted by atomic mass is 10.1. The molecule has 0 saturated heterocycles. The van der Waals surface area contributed by atoms with Gasteiger partial charge in [0.2, 0.25) is 5.91 Å². The Hall–Kier alpha value is -2.49. The summed E-state index contributed by atoms with van der Waals surface area (Å²) in [4.78, 5) is 11.8. The molecule has 0 heterocycles. The van der Waals surface area contributed by atoms with Crippen molar-refractivity contribution in [2.24, 2.45) is 0 Å². The van der Waals surface area contributed by atoms with Crippen LogP contribution < -0.4 is 15.4 Å². The number of rotatable bonds is 9. The SMILES string of the molecule is COc1ccc(NCCC(=O)NCCCc2ccccc2)cc1. The molecule has 0 unspecified atom stereocenters. The molecular weight excluding hydrogens is 288 g/mol. The summed E-state index contributed by atoms with van der Waals surface area (Å²) in [5.74, 6) is 0.908. The number of hydrogen-bond acceptors (Lipinski definition) is 3. The molecule has 2 N–H and O–H groups in total. The van der Waals surface area contributed by atoms with Crippen molar-refractivity contribution in [3.63, 3.8) is 0 Å². The van der Waals surface area contributed by atoms with Crippen LogP contribution in [0.3, 0.4) is 0 Å². The number of carbonyl (C=O) groups excluding carboxylic acids is 1. The zero-order chi connectivity index (χ0) is 16.3. The van der Waals surface area contributed by atoms with Crippen LogP contribution in [-0.2, 0) is 11.2 Å². The monoisotopic (exact) mass is 312 g/mol. The number of amides is 1. The van der Waals surface area contributed by atoms with Gasteiger partial charge in [-0.25, -0.2) is 0 Å². The predicted molar refractivity (Wildman–Crippen MR) is 93.9 cm³/mol. The third-order valence-corrected chi connectivity index (χ3v) is 3.58. The summed E-state index contributed by atoms with van der Waals surface area (Å²) in [5, 5.41) is 6.19. The van der Waals surface area contributed by atoms with E-state index in [1.54, 1.807) is 7.11 Å². The van der Waals surface area contributed by atoms with Crippen molar-refractivity contribution in [3.8, 4) is 5.75 Å². The van der Waals surface area contributed by atoms with Gasteiger partial charge < -0.3 is 15.4 Å². The van der Waals surface area contributed by atoms with E-state index in [2.05, 4.69) is 22.8 Å².